The maximum absolute atomic E-state index is 12.7. The third-order valence-corrected chi connectivity index (χ3v) is 4.78. The number of amides is 1. The molecule has 0 radical (unpaired) electrons. The van der Waals surface area contributed by atoms with Crippen molar-refractivity contribution in [2.24, 2.45) is 0 Å². The molecule has 1 aliphatic heterocycles. The van der Waals surface area contributed by atoms with Gasteiger partial charge in [0, 0.05) is 18.0 Å². The summed E-state index contributed by atoms with van der Waals surface area (Å²) in [5, 5.41) is 7.25. The summed E-state index contributed by atoms with van der Waals surface area (Å²) in [6.45, 7) is 0.837. The number of nitrogens with one attached hydrogen (secondary N) is 2. The summed E-state index contributed by atoms with van der Waals surface area (Å²) in [4.78, 5) is 17.3. The normalized spacial score (nSPS) is 15.0. The van der Waals surface area contributed by atoms with Crippen molar-refractivity contribution in [1.82, 2.24) is 10.3 Å². The highest BCUT2D eigenvalue weighted by Gasteiger charge is 2.25. The minimum Gasteiger partial charge on any atom is -0.454 e. The Kier molecular flexibility index (Phi) is 3.81. The van der Waals surface area contributed by atoms with Gasteiger partial charge in [-0.3, -0.25) is 4.79 Å². The van der Waals surface area contributed by atoms with E-state index in [-0.39, 0.29) is 12.7 Å². The molecule has 0 spiro atoms. The Morgan fingerprint density at radius 2 is 1.93 bits per heavy atom. The predicted octanol–water partition coefficient (Wildman–Crippen LogP) is 3.47. The van der Waals surface area contributed by atoms with Crippen molar-refractivity contribution < 1.29 is 14.3 Å². The molecule has 1 aliphatic carbocycles. The second kappa shape index (κ2) is 6.46. The second-order valence-corrected chi connectivity index (χ2v) is 6.86. The van der Waals surface area contributed by atoms with Gasteiger partial charge in [-0.05, 0) is 42.7 Å². The van der Waals surface area contributed by atoms with Gasteiger partial charge < -0.3 is 20.1 Å². The highest BCUT2D eigenvalue weighted by atomic mass is 16.7. The number of carbonyl (C=O) groups excluding carboxylic acids is 1. The van der Waals surface area contributed by atoms with Gasteiger partial charge in [0.1, 0.15) is 5.82 Å². The smallest absolute Gasteiger partial charge is 0.252 e. The molecule has 1 fully saturated rings. The number of nitrogens with zero attached hydrogens (tertiary/aromatic N) is 1. The van der Waals surface area contributed by atoms with E-state index in [1.165, 1.54) is 0 Å². The van der Waals surface area contributed by atoms with Crippen LogP contribution in [0.3, 0.4) is 0 Å². The van der Waals surface area contributed by atoms with Crippen molar-refractivity contribution in [2.75, 3.05) is 12.1 Å². The minimum absolute atomic E-state index is 0.0396. The lowest BCUT2D eigenvalue weighted by Crippen LogP contribution is -2.25. The molecule has 0 saturated heterocycles. The fraction of sp³-hybridized carbons (Fsp3) is 0.238. The predicted molar refractivity (Wildman–Crippen MR) is 102 cm³/mol. The van der Waals surface area contributed by atoms with E-state index < -0.39 is 0 Å². The minimum atomic E-state index is -0.0396. The van der Waals surface area contributed by atoms with Crippen LogP contribution in [0.2, 0.25) is 0 Å². The first-order valence-corrected chi connectivity index (χ1v) is 9.09. The van der Waals surface area contributed by atoms with Crippen molar-refractivity contribution in [3.05, 3.63) is 59.7 Å². The number of anilines is 1. The van der Waals surface area contributed by atoms with Gasteiger partial charge in [-0.25, -0.2) is 4.98 Å². The summed E-state index contributed by atoms with van der Waals surface area (Å²) in [5.74, 6) is 2.15. The quantitative estimate of drug-likeness (QED) is 0.728. The van der Waals surface area contributed by atoms with E-state index in [1.807, 2.05) is 48.5 Å². The molecule has 136 valence electrons. The molecule has 0 bridgehead atoms. The highest BCUT2D eigenvalue weighted by molar-refractivity contribution is 6.07. The number of ether oxygens (including phenoxy) is 2. The summed E-state index contributed by atoms with van der Waals surface area (Å²) in [5.41, 5.74) is 2.51. The number of hydrogen-bond acceptors (Lipinski definition) is 5. The summed E-state index contributed by atoms with van der Waals surface area (Å²) < 4.78 is 10.8. The fourth-order valence-electron chi connectivity index (χ4n) is 3.19. The van der Waals surface area contributed by atoms with Crippen LogP contribution < -0.4 is 20.1 Å². The molecule has 5 rings (SSSR count). The van der Waals surface area contributed by atoms with Crippen molar-refractivity contribution in [3.8, 4) is 11.5 Å². The van der Waals surface area contributed by atoms with Crippen LogP contribution in [-0.4, -0.2) is 23.7 Å². The molecule has 0 unspecified atom stereocenters. The number of carbonyl (C=O) groups is 1. The molecule has 6 heteroatoms. The first-order valence-electron chi connectivity index (χ1n) is 9.09. The van der Waals surface area contributed by atoms with Gasteiger partial charge in [0.25, 0.3) is 5.91 Å². The van der Waals surface area contributed by atoms with Gasteiger partial charge in [0.2, 0.25) is 6.79 Å². The number of rotatable bonds is 5. The van der Waals surface area contributed by atoms with Crippen LogP contribution in [0.4, 0.5) is 5.82 Å². The van der Waals surface area contributed by atoms with E-state index in [4.69, 9.17) is 9.47 Å². The van der Waals surface area contributed by atoms with Crippen LogP contribution in [0.15, 0.2) is 48.5 Å². The lowest BCUT2D eigenvalue weighted by Gasteiger charge is -2.12. The Labute approximate surface area is 156 Å². The standard InChI is InChI=1S/C21H19N3O3/c25-21(23-14-6-7-14)16-10-20(24-17-4-2-1-3-15(16)17)22-11-13-5-8-18-19(9-13)27-12-26-18/h1-5,8-10,14H,6-7,11-12H2,(H,22,24)(H,23,25). The number of hydrogen-bond donors (Lipinski definition) is 2. The lowest BCUT2D eigenvalue weighted by molar-refractivity contribution is 0.0952. The number of para-hydroxylation sites is 1. The van der Waals surface area contributed by atoms with Gasteiger partial charge >= 0.3 is 0 Å². The van der Waals surface area contributed by atoms with E-state index in [2.05, 4.69) is 15.6 Å². The number of aromatic nitrogens is 1. The average Bonchev–Trinajstić information content (AvgIpc) is 3.38. The van der Waals surface area contributed by atoms with Gasteiger partial charge in [0.15, 0.2) is 11.5 Å². The SMILES string of the molecule is O=C(NC1CC1)c1cc(NCc2ccc3c(c2)OCO3)nc2ccccc12. The van der Waals surface area contributed by atoms with Crippen LogP contribution in [0.1, 0.15) is 28.8 Å². The molecule has 6 nitrogen and oxygen atoms in total. The maximum Gasteiger partial charge on any atom is 0.252 e. The number of pyridine rings is 1. The lowest BCUT2D eigenvalue weighted by atomic mass is 10.1. The van der Waals surface area contributed by atoms with Crippen molar-refractivity contribution >= 4 is 22.6 Å². The van der Waals surface area contributed by atoms with Gasteiger partial charge in [-0.1, -0.05) is 24.3 Å². The first kappa shape index (κ1) is 15.9. The molecule has 2 N–H and O–H groups in total. The Hall–Kier alpha value is -3.28. The second-order valence-electron chi connectivity index (χ2n) is 6.86. The molecule has 2 heterocycles. The highest BCUT2D eigenvalue weighted by Crippen LogP contribution is 2.32. The van der Waals surface area contributed by atoms with Crippen LogP contribution >= 0.6 is 0 Å². The molecule has 1 aromatic heterocycles. The van der Waals surface area contributed by atoms with Gasteiger partial charge in [0.05, 0.1) is 11.1 Å². The van der Waals surface area contributed by atoms with Gasteiger partial charge in [-0.2, -0.15) is 0 Å². The fourth-order valence-corrected chi connectivity index (χ4v) is 3.19. The topological polar surface area (TPSA) is 72.5 Å². The molecule has 2 aromatic carbocycles. The van der Waals surface area contributed by atoms with Crippen LogP contribution in [0, 0.1) is 0 Å². The van der Waals surface area contributed by atoms with E-state index in [0.717, 1.165) is 40.8 Å². The molecule has 2 aliphatic rings. The first-order chi connectivity index (χ1) is 13.3. The van der Waals surface area contributed by atoms with Crippen LogP contribution in [-0.2, 0) is 6.54 Å². The van der Waals surface area contributed by atoms with E-state index in [9.17, 15) is 4.79 Å². The molecule has 27 heavy (non-hydrogen) atoms. The number of benzene rings is 2. The molecular weight excluding hydrogens is 342 g/mol. The van der Waals surface area contributed by atoms with E-state index in [0.29, 0.717) is 24.0 Å². The maximum atomic E-state index is 12.7. The Balaban J connectivity index is 1.41. The average molecular weight is 361 g/mol. The van der Waals surface area contributed by atoms with Crippen molar-refractivity contribution in [3.63, 3.8) is 0 Å². The van der Waals surface area contributed by atoms with Crippen LogP contribution in [0.25, 0.3) is 10.9 Å². The molecular formula is C21H19N3O3. The monoisotopic (exact) mass is 361 g/mol. The molecule has 1 amide bonds. The summed E-state index contributed by atoms with van der Waals surface area (Å²) >= 11 is 0. The summed E-state index contributed by atoms with van der Waals surface area (Å²) in [6, 6.07) is 15.7. The zero-order valence-electron chi connectivity index (χ0n) is 14.7. The third-order valence-electron chi connectivity index (χ3n) is 4.78. The largest absolute Gasteiger partial charge is 0.454 e. The van der Waals surface area contributed by atoms with E-state index in [1.54, 1.807) is 0 Å². The Morgan fingerprint density at radius 1 is 1.07 bits per heavy atom. The zero-order valence-corrected chi connectivity index (χ0v) is 14.7. The van der Waals surface area contributed by atoms with Crippen LogP contribution in [0.5, 0.6) is 11.5 Å². The summed E-state index contributed by atoms with van der Waals surface area (Å²) in [7, 11) is 0. The van der Waals surface area contributed by atoms with E-state index >= 15 is 0 Å². The molecule has 0 atom stereocenters. The molecule has 1 saturated carbocycles. The Morgan fingerprint density at radius 3 is 2.81 bits per heavy atom. The molecule has 3 aromatic rings. The number of fused-ring (bicyclic) bond motifs is 2. The van der Waals surface area contributed by atoms with Crippen molar-refractivity contribution in [2.45, 2.75) is 25.4 Å². The Bertz CT molecular complexity index is 1030. The summed E-state index contributed by atoms with van der Waals surface area (Å²) in [6.07, 6.45) is 2.12. The zero-order chi connectivity index (χ0) is 18.2. The van der Waals surface area contributed by atoms with Crippen molar-refractivity contribution in [1.29, 1.82) is 0 Å². The van der Waals surface area contributed by atoms with Gasteiger partial charge in [-0.15, -0.1) is 0 Å². The third kappa shape index (κ3) is 3.26.